The largest absolute Gasteiger partial charge is 0.354 e. The van der Waals surface area contributed by atoms with E-state index in [1.54, 1.807) is 0 Å². The van der Waals surface area contributed by atoms with Gasteiger partial charge in [-0.1, -0.05) is 55.6 Å². The molecule has 1 heterocycles. The van der Waals surface area contributed by atoms with Crippen molar-refractivity contribution < 1.29 is 0 Å². The second-order valence-corrected chi connectivity index (χ2v) is 6.31. The van der Waals surface area contributed by atoms with Crippen molar-refractivity contribution in [3.8, 4) is 0 Å². The molecule has 0 amide bonds. The van der Waals surface area contributed by atoms with Crippen LogP contribution in [0.3, 0.4) is 0 Å². The van der Waals surface area contributed by atoms with Crippen LogP contribution < -0.4 is 5.32 Å². The predicted octanol–water partition coefficient (Wildman–Crippen LogP) is 3.33. The Bertz CT molecular complexity index is 376. The van der Waals surface area contributed by atoms with Crippen molar-refractivity contribution in [3.05, 3.63) is 11.6 Å². The van der Waals surface area contributed by atoms with Crippen LogP contribution in [-0.2, 0) is 10.2 Å². The Morgan fingerprint density at radius 1 is 1.18 bits per heavy atom. The zero-order valence-electron chi connectivity index (χ0n) is 9.97. The lowest BCUT2D eigenvalue weighted by Crippen LogP contribution is -2.16. The summed E-state index contributed by atoms with van der Waals surface area (Å²) in [6.07, 6.45) is 0.659. The van der Waals surface area contributed by atoms with Gasteiger partial charge < -0.3 is 5.32 Å². The third-order valence-corrected chi connectivity index (χ3v) is 2.43. The molecule has 0 saturated heterocycles. The highest BCUT2D eigenvalue weighted by Gasteiger charge is 2.28. The number of halogens is 3. The molecule has 0 saturated carbocycles. The molecule has 1 N–H and O–H groups in total. The van der Waals surface area contributed by atoms with Crippen LogP contribution in [-0.4, -0.2) is 21.5 Å². The molecule has 96 valence electrons. The maximum atomic E-state index is 5.77. The van der Waals surface area contributed by atoms with Crippen molar-refractivity contribution in [2.45, 2.75) is 31.0 Å². The van der Waals surface area contributed by atoms with E-state index in [2.05, 4.69) is 34.1 Å². The Hall–Kier alpha value is -0.320. The second-order valence-electron chi connectivity index (χ2n) is 4.02. The predicted molar refractivity (Wildman–Crippen MR) is 71.8 cm³/mol. The van der Waals surface area contributed by atoms with Gasteiger partial charge in [0.2, 0.25) is 9.74 Å². The Labute approximate surface area is 116 Å². The van der Waals surface area contributed by atoms with Gasteiger partial charge in [0.15, 0.2) is 5.82 Å². The van der Waals surface area contributed by atoms with Crippen LogP contribution in [0.15, 0.2) is 0 Å². The number of rotatable bonds is 4. The van der Waals surface area contributed by atoms with Gasteiger partial charge in [0.25, 0.3) is 0 Å². The molecule has 0 unspecified atom stereocenters. The Morgan fingerprint density at radius 2 is 1.82 bits per heavy atom. The average Bonchev–Trinajstić information content (AvgIpc) is 2.24. The van der Waals surface area contributed by atoms with E-state index in [1.165, 1.54) is 0 Å². The van der Waals surface area contributed by atoms with E-state index in [0.29, 0.717) is 24.1 Å². The third kappa shape index (κ3) is 4.82. The van der Waals surface area contributed by atoms with Crippen molar-refractivity contribution in [2.24, 2.45) is 5.92 Å². The van der Waals surface area contributed by atoms with Crippen LogP contribution in [0.5, 0.6) is 0 Å². The van der Waals surface area contributed by atoms with Crippen molar-refractivity contribution in [3.63, 3.8) is 0 Å². The lowest BCUT2D eigenvalue weighted by Gasteiger charge is -2.13. The summed E-state index contributed by atoms with van der Waals surface area (Å²) in [6, 6.07) is 0. The molecule has 0 aliphatic carbocycles. The molecule has 0 aliphatic rings. The molecule has 0 radical (unpaired) electrons. The molecule has 0 aliphatic heterocycles. The monoisotopic (exact) mass is 296 g/mol. The third-order valence-electron chi connectivity index (χ3n) is 1.92. The average molecular weight is 298 g/mol. The van der Waals surface area contributed by atoms with Crippen molar-refractivity contribution in [1.82, 2.24) is 15.0 Å². The molecule has 1 rings (SSSR count). The summed E-state index contributed by atoms with van der Waals surface area (Å²) >= 11 is 17.3. The highest BCUT2D eigenvalue weighted by Crippen LogP contribution is 2.36. The van der Waals surface area contributed by atoms with Gasteiger partial charge in [-0.25, -0.2) is 4.98 Å². The minimum atomic E-state index is -1.62. The fraction of sp³-hybridized carbons (Fsp3) is 0.700. The van der Waals surface area contributed by atoms with Crippen molar-refractivity contribution in [2.75, 3.05) is 11.9 Å². The molecule has 0 spiro atoms. The van der Waals surface area contributed by atoms with Crippen LogP contribution in [0.2, 0.25) is 0 Å². The molecule has 0 fully saturated rings. The number of aryl methyl sites for hydroxylation is 1. The molecular weight excluding hydrogens is 282 g/mol. The van der Waals surface area contributed by atoms with Gasteiger partial charge in [-0.05, 0) is 5.92 Å². The summed E-state index contributed by atoms with van der Waals surface area (Å²) in [5, 5.41) is 3.09. The minimum absolute atomic E-state index is 0.153. The van der Waals surface area contributed by atoms with Gasteiger partial charge >= 0.3 is 0 Å². The van der Waals surface area contributed by atoms with Crippen molar-refractivity contribution in [1.29, 1.82) is 0 Å². The molecule has 0 bridgehead atoms. The number of aromatic nitrogens is 3. The zero-order valence-corrected chi connectivity index (χ0v) is 12.2. The topological polar surface area (TPSA) is 50.7 Å². The molecule has 0 atom stereocenters. The molecule has 4 nitrogen and oxygen atoms in total. The Morgan fingerprint density at radius 3 is 2.29 bits per heavy atom. The van der Waals surface area contributed by atoms with Crippen LogP contribution in [0.1, 0.15) is 32.4 Å². The summed E-state index contributed by atoms with van der Waals surface area (Å²) in [7, 11) is 0. The zero-order chi connectivity index (χ0) is 13.1. The smallest absolute Gasteiger partial charge is 0.250 e. The summed E-state index contributed by atoms with van der Waals surface area (Å²) in [6.45, 7) is 6.87. The summed E-state index contributed by atoms with van der Waals surface area (Å²) in [5.74, 6) is 1.69. The SMILES string of the molecule is CCc1nc(NCC(C)C)nc(C(Cl)(Cl)Cl)n1. The number of anilines is 1. The Balaban J connectivity index is 2.97. The first-order chi connectivity index (χ1) is 7.82. The molecule has 7 heteroatoms. The number of hydrogen-bond donors (Lipinski definition) is 1. The first-order valence-corrected chi connectivity index (χ1v) is 6.52. The molecule has 0 aromatic carbocycles. The minimum Gasteiger partial charge on any atom is -0.354 e. The summed E-state index contributed by atoms with van der Waals surface area (Å²) < 4.78 is -1.62. The number of hydrogen-bond acceptors (Lipinski definition) is 4. The van der Waals surface area contributed by atoms with Crippen LogP contribution in [0, 0.1) is 5.92 Å². The standard InChI is InChI=1S/C10H15Cl3N4/c1-4-7-15-8(10(11,12)13)17-9(16-7)14-5-6(2)3/h6H,4-5H2,1-3H3,(H,14,15,16,17). The summed E-state index contributed by atoms with van der Waals surface area (Å²) in [5.41, 5.74) is 0. The molecule has 1 aromatic heterocycles. The van der Waals surface area contributed by atoms with E-state index >= 15 is 0 Å². The highest BCUT2D eigenvalue weighted by atomic mass is 35.6. The number of nitrogens with zero attached hydrogens (tertiary/aromatic N) is 3. The van der Waals surface area contributed by atoms with Crippen molar-refractivity contribution >= 4 is 40.8 Å². The van der Waals surface area contributed by atoms with Gasteiger partial charge in [-0.2, -0.15) is 9.97 Å². The van der Waals surface area contributed by atoms with Gasteiger partial charge in [-0.3, -0.25) is 0 Å². The second kappa shape index (κ2) is 6.03. The summed E-state index contributed by atoms with van der Waals surface area (Å²) in [4.78, 5) is 12.4. The van der Waals surface area contributed by atoms with E-state index in [4.69, 9.17) is 34.8 Å². The van der Waals surface area contributed by atoms with E-state index < -0.39 is 3.79 Å². The molecule has 1 aromatic rings. The maximum absolute atomic E-state index is 5.77. The van der Waals surface area contributed by atoms with Gasteiger partial charge in [-0.15, -0.1) is 0 Å². The van der Waals surface area contributed by atoms with E-state index in [0.717, 1.165) is 6.54 Å². The van der Waals surface area contributed by atoms with E-state index in [-0.39, 0.29) is 5.82 Å². The first kappa shape index (κ1) is 14.7. The van der Waals surface area contributed by atoms with Gasteiger partial charge in [0, 0.05) is 13.0 Å². The lowest BCUT2D eigenvalue weighted by atomic mass is 10.2. The van der Waals surface area contributed by atoms with Crippen LogP contribution >= 0.6 is 34.8 Å². The Kier molecular flexibility index (Phi) is 5.22. The fourth-order valence-electron chi connectivity index (χ4n) is 1.08. The van der Waals surface area contributed by atoms with Gasteiger partial charge in [0.1, 0.15) is 5.82 Å². The molecule has 17 heavy (non-hydrogen) atoms. The number of nitrogens with one attached hydrogen (secondary N) is 1. The van der Waals surface area contributed by atoms with E-state index in [9.17, 15) is 0 Å². The lowest BCUT2D eigenvalue weighted by molar-refractivity contribution is 0.681. The van der Waals surface area contributed by atoms with Crippen LogP contribution in [0.4, 0.5) is 5.95 Å². The quantitative estimate of drug-likeness (QED) is 0.866. The fourth-order valence-corrected chi connectivity index (χ4v) is 1.33. The first-order valence-electron chi connectivity index (χ1n) is 5.39. The van der Waals surface area contributed by atoms with Gasteiger partial charge in [0.05, 0.1) is 0 Å². The maximum Gasteiger partial charge on any atom is 0.250 e. The van der Waals surface area contributed by atoms with Crippen LogP contribution in [0.25, 0.3) is 0 Å². The molecular formula is C10H15Cl3N4. The normalized spacial score (nSPS) is 11.9. The van der Waals surface area contributed by atoms with E-state index in [1.807, 2.05) is 6.92 Å². The number of alkyl halides is 3. The highest BCUT2D eigenvalue weighted by molar-refractivity contribution is 6.66.